The van der Waals surface area contributed by atoms with Gasteiger partial charge in [0.1, 0.15) is 17.0 Å². The molecule has 6 heteroatoms. The smallest absolute Gasteiger partial charge is 0.138 e. The number of thiophene rings is 1. The highest BCUT2D eigenvalue weighted by Gasteiger charge is 2.14. The third kappa shape index (κ3) is 2.69. The lowest BCUT2D eigenvalue weighted by Crippen LogP contribution is -2.23. The van der Waals surface area contributed by atoms with E-state index in [4.69, 9.17) is 0 Å². The molecule has 0 bridgehead atoms. The van der Waals surface area contributed by atoms with Gasteiger partial charge < -0.3 is 5.32 Å². The van der Waals surface area contributed by atoms with Crippen molar-refractivity contribution in [2.45, 2.75) is 5.25 Å². The molecule has 1 unspecified atom stereocenters. The Balaban J connectivity index is 1.69. The summed E-state index contributed by atoms with van der Waals surface area (Å²) >= 11 is 5.78. The maximum Gasteiger partial charge on any atom is 0.138 e. The average Bonchev–Trinajstić information content (AvgIpc) is 2.86. The highest BCUT2D eigenvalue weighted by molar-refractivity contribution is 8.06. The summed E-state index contributed by atoms with van der Waals surface area (Å²) in [5, 5.41) is 7.38. The second-order valence-electron chi connectivity index (χ2n) is 3.81. The molecule has 3 rings (SSSR count). The summed E-state index contributed by atoms with van der Waals surface area (Å²) in [5.41, 5.74) is 0. The second kappa shape index (κ2) is 5.46. The quantitative estimate of drug-likeness (QED) is 0.937. The van der Waals surface area contributed by atoms with Crippen LogP contribution >= 0.6 is 34.9 Å². The Bertz CT molecular complexity index is 493. The molecular weight excluding hydrogens is 270 g/mol. The van der Waals surface area contributed by atoms with Crippen molar-refractivity contribution in [3.8, 4) is 0 Å². The van der Waals surface area contributed by atoms with Crippen molar-refractivity contribution in [3.63, 3.8) is 0 Å². The van der Waals surface area contributed by atoms with E-state index in [0.29, 0.717) is 5.25 Å². The van der Waals surface area contributed by atoms with Crippen LogP contribution in [0.2, 0.25) is 0 Å². The van der Waals surface area contributed by atoms with E-state index >= 15 is 0 Å². The molecule has 1 aliphatic rings. The minimum absolute atomic E-state index is 0.706. The Morgan fingerprint density at radius 3 is 3.24 bits per heavy atom. The molecule has 1 N–H and O–H groups in total. The number of hydrogen-bond acceptors (Lipinski definition) is 6. The van der Waals surface area contributed by atoms with E-state index in [0.717, 1.165) is 22.6 Å². The van der Waals surface area contributed by atoms with Crippen molar-refractivity contribution in [1.82, 2.24) is 9.97 Å². The van der Waals surface area contributed by atoms with E-state index in [1.807, 2.05) is 0 Å². The van der Waals surface area contributed by atoms with Gasteiger partial charge in [0.25, 0.3) is 0 Å². The van der Waals surface area contributed by atoms with Crippen LogP contribution in [0.4, 0.5) is 5.82 Å². The lowest BCUT2D eigenvalue weighted by atomic mass is 10.3. The van der Waals surface area contributed by atoms with Gasteiger partial charge in [-0.15, -0.1) is 11.3 Å². The van der Waals surface area contributed by atoms with E-state index in [9.17, 15) is 0 Å². The summed E-state index contributed by atoms with van der Waals surface area (Å²) in [4.78, 5) is 9.65. The molecule has 0 aliphatic carbocycles. The Hall–Kier alpha value is -0.460. The fourth-order valence-corrected chi connectivity index (χ4v) is 5.14. The van der Waals surface area contributed by atoms with Gasteiger partial charge in [-0.25, -0.2) is 9.97 Å². The lowest BCUT2D eigenvalue weighted by molar-refractivity contribution is 0.993. The Morgan fingerprint density at radius 2 is 2.35 bits per heavy atom. The van der Waals surface area contributed by atoms with E-state index in [2.05, 4.69) is 50.3 Å². The Kier molecular flexibility index (Phi) is 3.73. The van der Waals surface area contributed by atoms with Gasteiger partial charge in [-0.05, 0) is 11.4 Å². The van der Waals surface area contributed by atoms with Gasteiger partial charge in [-0.3, -0.25) is 0 Å². The molecule has 3 heterocycles. The lowest BCUT2D eigenvalue weighted by Gasteiger charge is -2.21. The van der Waals surface area contributed by atoms with E-state index in [1.54, 1.807) is 17.7 Å². The number of hydrogen-bond donors (Lipinski definition) is 1. The van der Waals surface area contributed by atoms with E-state index in [1.165, 1.54) is 17.3 Å². The first-order valence-corrected chi connectivity index (χ1v) is 8.63. The monoisotopic (exact) mass is 283 g/mol. The fraction of sp³-hybridized carbons (Fsp3) is 0.455. The summed E-state index contributed by atoms with van der Waals surface area (Å²) in [5.74, 6) is 4.79. The van der Waals surface area contributed by atoms with Crippen LogP contribution in [-0.2, 0) is 0 Å². The van der Waals surface area contributed by atoms with Gasteiger partial charge in [0.15, 0.2) is 0 Å². The first-order chi connectivity index (χ1) is 8.43. The van der Waals surface area contributed by atoms with Crippen LogP contribution in [0.3, 0.4) is 0 Å². The van der Waals surface area contributed by atoms with Crippen LogP contribution < -0.4 is 5.32 Å². The normalized spacial score (nSPS) is 20.6. The van der Waals surface area contributed by atoms with Crippen molar-refractivity contribution in [2.75, 3.05) is 29.1 Å². The minimum Gasteiger partial charge on any atom is -0.368 e. The summed E-state index contributed by atoms with van der Waals surface area (Å²) < 4.78 is 0. The summed E-state index contributed by atoms with van der Waals surface area (Å²) in [6.07, 6.45) is 1.64. The number of anilines is 1. The number of nitrogens with one attached hydrogen (secondary N) is 1. The molecular formula is C11H13N3S3. The maximum atomic E-state index is 4.33. The van der Waals surface area contributed by atoms with Crippen molar-refractivity contribution in [3.05, 3.63) is 17.8 Å². The van der Waals surface area contributed by atoms with Crippen LogP contribution in [0.25, 0.3) is 10.2 Å². The number of rotatable bonds is 3. The van der Waals surface area contributed by atoms with Gasteiger partial charge >= 0.3 is 0 Å². The molecule has 1 fully saturated rings. The molecule has 1 atom stereocenters. The molecule has 0 radical (unpaired) electrons. The number of thioether (sulfide) groups is 2. The molecule has 1 saturated heterocycles. The van der Waals surface area contributed by atoms with E-state index < -0.39 is 0 Å². The summed E-state index contributed by atoms with van der Waals surface area (Å²) in [6, 6.07) is 2.09. The standard InChI is InChI=1S/C11H13N3S3/c1-2-17-11-9(1)10(13-7-14-11)12-5-8-6-15-3-4-16-8/h1-2,7-8H,3-6H2,(H,12,13,14). The fourth-order valence-electron chi connectivity index (χ4n) is 1.80. The van der Waals surface area contributed by atoms with Crippen LogP contribution in [0, 0.1) is 0 Å². The van der Waals surface area contributed by atoms with Crippen molar-refractivity contribution >= 4 is 50.9 Å². The van der Waals surface area contributed by atoms with Crippen LogP contribution in [-0.4, -0.2) is 39.0 Å². The van der Waals surface area contributed by atoms with Crippen LogP contribution in [0.5, 0.6) is 0 Å². The topological polar surface area (TPSA) is 37.8 Å². The summed E-state index contributed by atoms with van der Waals surface area (Å²) in [7, 11) is 0. The molecule has 1 aliphatic heterocycles. The van der Waals surface area contributed by atoms with Gasteiger partial charge in [0.2, 0.25) is 0 Å². The molecule has 17 heavy (non-hydrogen) atoms. The number of aromatic nitrogens is 2. The Morgan fingerprint density at radius 1 is 1.35 bits per heavy atom. The number of nitrogens with zero attached hydrogens (tertiary/aromatic N) is 2. The predicted octanol–water partition coefficient (Wildman–Crippen LogP) is 2.95. The third-order valence-corrected chi connectivity index (χ3v) is 6.31. The first-order valence-electron chi connectivity index (χ1n) is 5.55. The minimum atomic E-state index is 0.706. The maximum absolute atomic E-state index is 4.33. The first kappa shape index (κ1) is 11.6. The van der Waals surface area contributed by atoms with Gasteiger partial charge in [-0.1, -0.05) is 0 Å². The van der Waals surface area contributed by atoms with Gasteiger partial charge in [-0.2, -0.15) is 23.5 Å². The molecule has 0 spiro atoms. The third-order valence-electron chi connectivity index (χ3n) is 2.64. The second-order valence-corrected chi connectivity index (χ2v) is 7.26. The average molecular weight is 283 g/mol. The molecule has 0 aromatic carbocycles. The zero-order chi connectivity index (χ0) is 11.5. The van der Waals surface area contributed by atoms with Gasteiger partial charge in [0.05, 0.1) is 5.39 Å². The van der Waals surface area contributed by atoms with Crippen molar-refractivity contribution in [1.29, 1.82) is 0 Å². The molecule has 0 amide bonds. The highest BCUT2D eigenvalue weighted by Crippen LogP contribution is 2.26. The largest absolute Gasteiger partial charge is 0.368 e. The van der Waals surface area contributed by atoms with Crippen molar-refractivity contribution < 1.29 is 0 Å². The van der Waals surface area contributed by atoms with Gasteiger partial charge in [0, 0.05) is 29.1 Å². The number of fused-ring (bicyclic) bond motifs is 1. The summed E-state index contributed by atoms with van der Waals surface area (Å²) in [6.45, 7) is 1.000. The SMILES string of the molecule is c1nc(NCC2CSCCS2)c2ccsc2n1. The van der Waals surface area contributed by atoms with Crippen LogP contribution in [0.1, 0.15) is 0 Å². The highest BCUT2D eigenvalue weighted by atomic mass is 32.2. The molecule has 0 saturated carbocycles. The zero-order valence-corrected chi connectivity index (χ0v) is 11.7. The van der Waals surface area contributed by atoms with Crippen molar-refractivity contribution in [2.24, 2.45) is 0 Å². The zero-order valence-electron chi connectivity index (χ0n) is 9.26. The molecule has 2 aromatic heterocycles. The van der Waals surface area contributed by atoms with E-state index in [-0.39, 0.29) is 0 Å². The molecule has 3 nitrogen and oxygen atoms in total. The Labute approximate surface area is 113 Å². The molecule has 90 valence electrons. The molecule has 2 aromatic rings. The predicted molar refractivity (Wildman–Crippen MR) is 79.5 cm³/mol. The van der Waals surface area contributed by atoms with Crippen LogP contribution in [0.15, 0.2) is 17.8 Å².